The molecule has 148 valence electrons. The Kier molecular flexibility index (Phi) is 5.77. The number of fused-ring (bicyclic) bond motifs is 1. The second-order valence-corrected chi connectivity index (χ2v) is 7.22. The Balaban J connectivity index is 1.48. The molecule has 0 saturated heterocycles. The summed E-state index contributed by atoms with van der Waals surface area (Å²) in [4.78, 5) is 16.5. The molecule has 30 heavy (non-hydrogen) atoms. The zero-order chi connectivity index (χ0) is 20.9. The molecule has 0 aliphatic rings. The van der Waals surface area contributed by atoms with Crippen LogP contribution in [0.1, 0.15) is 16.8 Å². The third-order valence-electron chi connectivity index (χ3n) is 4.65. The molecular formula is C25H19ClN2O2. The van der Waals surface area contributed by atoms with E-state index in [2.05, 4.69) is 4.98 Å². The maximum Gasteiger partial charge on any atom is 0.249 e. The third-order valence-corrected chi connectivity index (χ3v) is 4.91. The molecule has 0 aliphatic heterocycles. The molecule has 1 aromatic heterocycles. The van der Waals surface area contributed by atoms with Crippen LogP contribution in [0.3, 0.4) is 0 Å². The Morgan fingerprint density at radius 2 is 1.67 bits per heavy atom. The van der Waals surface area contributed by atoms with Crippen molar-refractivity contribution in [3.8, 4) is 5.75 Å². The van der Waals surface area contributed by atoms with Gasteiger partial charge in [-0.1, -0.05) is 60.1 Å². The number of rotatable bonds is 6. The van der Waals surface area contributed by atoms with Gasteiger partial charge in [0, 0.05) is 16.0 Å². The van der Waals surface area contributed by atoms with Crippen LogP contribution in [0.2, 0.25) is 5.02 Å². The number of ether oxygens (including phenoxy) is 1. The SMILES string of the molecule is NC(=O)/C(=C/c1ccc(OCc2ccc3ccccc3n2)cc1)c1ccc(Cl)cc1. The van der Waals surface area contributed by atoms with E-state index in [-0.39, 0.29) is 0 Å². The first-order chi connectivity index (χ1) is 14.6. The van der Waals surface area contributed by atoms with Crippen molar-refractivity contribution in [2.45, 2.75) is 6.61 Å². The number of halogens is 1. The Hall–Kier alpha value is -3.63. The molecule has 5 heteroatoms. The molecule has 0 unspecified atom stereocenters. The number of pyridine rings is 1. The minimum absolute atomic E-state index is 0.372. The van der Waals surface area contributed by atoms with E-state index in [0.717, 1.165) is 27.7 Å². The molecular weight excluding hydrogens is 396 g/mol. The molecule has 4 rings (SSSR count). The van der Waals surface area contributed by atoms with Gasteiger partial charge < -0.3 is 10.5 Å². The van der Waals surface area contributed by atoms with Crippen molar-refractivity contribution in [2.75, 3.05) is 0 Å². The highest BCUT2D eigenvalue weighted by Crippen LogP contribution is 2.22. The van der Waals surface area contributed by atoms with Gasteiger partial charge in [0.05, 0.1) is 11.2 Å². The highest BCUT2D eigenvalue weighted by molar-refractivity contribution is 6.30. The van der Waals surface area contributed by atoms with Crippen LogP contribution < -0.4 is 10.5 Å². The molecule has 0 saturated carbocycles. The van der Waals surface area contributed by atoms with Crippen LogP contribution in [0.25, 0.3) is 22.6 Å². The van der Waals surface area contributed by atoms with E-state index in [9.17, 15) is 4.79 Å². The van der Waals surface area contributed by atoms with Gasteiger partial charge >= 0.3 is 0 Å². The highest BCUT2D eigenvalue weighted by atomic mass is 35.5. The normalized spacial score (nSPS) is 11.4. The number of nitrogens with zero attached hydrogens (tertiary/aromatic N) is 1. The Morgan fingerprint density at radius 3 is 2.40 bits per heavy atom. The molecule has 1 heterocycles. The van der Waals surface area contributed by atoms with Crippen molar-refractivity contribution in [1.29, 1.82) is 0 Å². The summed E-state index contributed by atoms with van der Waals surface area (Å²) in [6.45, 7) is 0.372. The second-order valence-electron chi connectivity index (χ2n) is 6.78. The van der Waals surface area contributed by atoms with Crippen molar-refractivity contribution in [3.63, 3.8) is 0 Å². The number of carbonyl (C=O) groups excluding carboxylic acids is 1. The lowest BCUT2D eigenvalue weighted by atomic mass is 10.0. The van der Waals surface area contributed by atoms with Crippen LogP contribution >= 0.6 is 11.6 Å². The fourth-order valence-corrected chi connectivity index (χ4v) is 3.23. The van der Waals surface area contributed by atoms with Gasteiger partial charge in [-0.15, -0.1) is 0 Å². The molecule has 0 fully saturated rings. The monoisotopic (exact) mass is 414 g/mol. The number of carbonyl (C=O) groups is 1. The van der Waals surface area contributed by atoms with Crippen molar-refractivity contribution in [2.24, 2.45) is 5.73 Å². The average Bonchev–Trinajstić information content (AvgIpc) is 2.77. The maximum atomic E-state index is 11.9. The number of primary amides is 1. The highest BCUT2D eigenvalue weighted by Gasteiger charge is 2.08. The van der Waals surface area contributed by atoms with E-state index >= 15 is 0 Å². The van der Waals surface area contributed by atoms with Gasteiger partial charge in [0.25, 0.3) is 0 Å². The lowest BCUT2D eigenvalue weighted by Gasteiger charge is -2.08. The minimum Gasteiger partial charge on any atom is -0.487 e. The number of aromatic nitrogens is 1. The van der Waals surface area contributed by atoms with Gasteiger partial charge in [-0.25, -0.2) is 4.98 Å². The fraction of sp³-hybridized carbons (Fsp3) is 0.0400. The number of para-hydroxylation sites is 1. The summed E-state index contributed by atoms with van der Waals surface area (Å²) in [6.07, 6.45) is 1.75. The topological polar surface area (TPSA) is 65.2 Å². The predicted octanol–water partition coefficient (Wildman–Crippen LogP) is 5.49. The van der Waals surface area contributed by atoms with Crippen molar-refractivity contribution in [1.82, 2.24) is 4.98 Å². The summed E-state index contributed by atoms with van der Waals surface area (Å²) in [5.74, 6) is 0.217. The number of hydrogen-bond donors (Lipinski definition) is 1. The van der Waals surface area contributed by atoms with Gasteiger partial charge in [0.2, 0.25) is 5.91 Å². The zero-order valence-corrected chi connectivity index (χ0v) is 16.8. The summed E-state index contributed by atoms with van der Waals surface area (Å²) >= 11 is 5.92. The van der Waals surface area contributed by atoms with Gasteiger partial charge in [-0.2, -0.15) is 0 Å². The van der Waals surface area contributed by atoms with E-state index in [1.807, 2.05) is 60.7 Å². The van der Waals surface area contributed by atoms with E-state index in [1.165, 1.54) is 0 Å². The first-order valence-corrected chi connectivity index (χ1v) is 9.81. The molecule has 2 N–H and O–H groups in total. The number of amides is 1. The van der Waals surface area contributed by atoms with Gasteiger partial charge in [0.15, 0.2) is 0 Å². The van der Waals surface area contributed by atoms with Gasteiger partial charge in [0.1, 0.15) is 12.4 Å². The standard InChI is InChI=1S/C25H19ClN2O2/c26-20-10-7-18(8-11-20)23(25(27)29)15-17-5-13-22(14-6-17)30-16-21-12-9-19-3-1-2-4-24(19)28-21/h1-15H,16H2,(H2,27,29)/b23-15+. The van der Waals surface area contributed by atoms with E-state index in [0.29, 0.717) is 23.0 Å². The molecule has 4 nitrogen and oxygen atoms in total. The Morgan fingerprint density at radius 1 is 0.933 bits per heavy atom. The minimum atomic E-state index is -0.500. The molecule has 4 aromatic rings. The number of benzene rings is 3. The summed E-state index contributed by atoms with van der Waals surface area (Å²) < 4.78 is 5.86. The quantitative estimate of drug-likeness (QED) is 0.335. The Bertz CT molecular complexity index is 1220. The lowest BCUT2D eigenvalue weighted by Crippen LogP contribution is -2.12. The van der Waals surface area contributed by atoms with Gasteiger partial charge in [-0.05, 0) is 53.6 Å². The fourth-order valence-electron chi connectivity index (χ4n) is 3.10. The zero-order valence-electron chi connectivity index (χ0n) is 16.1. The van der Waals surface area contributed by atoms with Gasteiger partial charge in [-0.3, -0.25) is 4.79 Å². The van der Waals surface area contributed by atoms with Crippen LogP contribution in [0, 0.1) is 0 Å². The molecule has 0 atom stereocenters. The molecule has 0 bridgehead atoms. The first kappa shape index (κ1) is 19.7. The summed E-state index contributed by atoms with van der Waals surface area (Å²) in [6, 6.07) is 26.4. The van der Waals surface area contributed by atoms with Crippen LogP contribution in [-0.4, -0.2) is 10.9 Å². The molecule has 0 aliphatic carbocycles. The predicted molar refractivity (Wildman–Crippen MR) is 121 cm³/mol. The van der Waals surface area contributed by atoms with E-state index < -0.39 is 5.91 Å². The Labute approximate surface area is 179 Å². The number of hydrogen-bond acceptors (Lipinski definition) is 3. The lowest BCUT2D eigenvalue weighted by molar-refractivity contribution is -0.112. The summed E-state index contributed by atoms with van der Waals surface area (Å²) in [5, 5.41) is 1.70. The van der Waals surface area contributed by atoms with E-state index in [1.54, 1.807) is 30.3 Å². The van der Waals surface area contributed by atoms with Crippen LogP contribution in [0.5, 0.6) is 5.75 Å². The molecule has 0 spiro atoms. The molecule has 0 radical (unpaired) electrons. The van der Waals surface area contributed by atoms with Crippen LogP contribution in [0.4, 0.5) is 0 Å². The molecule has 1 amide bonds. The van der Waals surface area contributed by atoms with Crippen molar-refractivity contribution < 1.29 is 9.53 Å². The van der Waals surface area contributed by atoms with E-state index in [4.69, 9.17) is 22.1 Å². The third kappa shape index (κ3) is 4.67. The van der Waals surface area contributed by atoms with Crippen molar-refractivity contribution >= 4 is 40.1 Å². The first-order valence-electron chi connectivity index (χ1n) is 9.43. The molecule has 3 aromatic carbocycles. The van der Waals surface area contributed by atoms with Crippen LogP contribution in [-0.2, 0) is 11.4 Å². The average molecular weight is 415 g/mol. The second kappa shape index (κ2) is 8.80. The summed E-state index contributed by atoms with van der Waals surface area (Å²) in [7, 11) is 0. The summed E-state index contributed by atoms with van der Waals surface area (Å²) in [5.41, 5.74) is 9.34. The largest absolute Gasteiger partial charge is 0.487 e. The van der Waals surface area contributed by atoms with Crippen LogP contribution in [0.15, 0.2) is 84.9 Å². The smallest absolute Gasteiger partial charge is 0.249 e. The number of nitrogens with two attached hydrogens (primary N) is 1. The maximum absolute atomic E-state index is 11.9. The van der Waals surface area contributed by atoms with Crippen molar-refractivity contribution in [3.05, 3.63) is 107 Å².